The first kappa shape index (κ1) is 12.4. The van der Waals surface area contributed by atoms with Gasteiger partial charge in [0.1, 0.15) is 0 Å². The van der Waals surface area contributed by atoms with E-state index in [9.17, 15) is 9.59 Å². The number of nitrogens with one attached hydrogen (secondary N) is 1. The molecule has 0 radical (unpaired) electrons. The lowest BCUT2D eigenvalue weighted by Gasteiger charge is -2.16. The number of likely N-dealkylation sites (N-methyl/N-ethyl adjacent to an activating group) is 1. The zero-order chi connectivity index (χ0) is 11.1. The summed E-state index contributed by atoms with van der Waals surface area (Å²) in [6, 6.07) is 0. The molecule has 0 fully saturated rings. The fourth-order valence-corrected chi connectivity index (χ4v) is 0.846. The van der Waals surface area contributed by atoms with Crippen molar-refractivity contribution in [2.75, 3.05) is 20.1 Å². The second-order valence-electron chi connectivity index (χ2n) is 3.00. The van der Waals surface area contributed by atoms with Crippen LogP contribution in [0.5, 0.6) is 0 Å². The van der Waals surface area contributed by atoms with Crippen molar-refractivity contribution >= 4 is 11.8 Å². The third-order valence-corrected chi connectivity index (χ3v) is 1.64. The Morgan fingerprint density at radius 3 is 2.50 bits per heavy atom. The van der Waals surface area contributed by atoms with Gasteiger partial charge in [-0.1, -0.05) is 13.2 Å². The molecular formula is C10H16N2O2. The summed E-state index contributed by atoms with van der Waals surface area (Å²) < 4.78 is 0. The van der Waals surface area contributed by atoms with Gasteiger partial charge in [-0.3, -0.25) is 9.59 Å². The number of hydrogen-bond acceptors (Lipinski definition) is 2. The highest BCUT2D eigenvalue weighted by Gasteiger charge is 2.08. The largest absolute Gasteiger partial charge is 0.351 e. The van der Waals surface area contributed by atoms with E-state index < -0.39 is 0 Å². The molecule has 14 heavy (non-hydrogen) atoms. The van der Waals surface area contributed by atoms with Crippen molar-refractivity contribution in [3.05, 3.63) is 24.8 Å². The van der Waals surface area contributed by atoms with Crippen LogP contribution in [0.15, 0.2) is 24.8 Å². The van der Waals surface area contributed by atoms with Gasteiger partial charge in [0.2, 0.25) is 11.8 Å². The second-order valence-corrected chi connectivity index (χ2v) is 3.00. The van der Waals surface area contributed by atoms with Crippen LogP contribution in [-0.4, -0.2) is 36.9 Å². The maximum atomic E-state index is 11.3. The molecule has 78 valence electrons. The fourth-order valence-electron chi connectivity index (χ4n) is 0.846. The monoisotopic (exact) mass is 196 g/mol. The number of carbonyl (C=O) groups is 2. The molecule has 0 saturated carbocycles. The van der Waals surface area contributed by atoms with Crippen molar-refractivity contribution in [1.82, 2.24) is 10.2 Å². The Kier molecular flexibility index (Phi) is 5.29. The minimum absolute atomic E-state index is 0.113. The molecule has 2 amide bonds. The molecule has 0 aromatic heterocycles. The van der Waals surface area contributed by atoms with E-state index in [2.05, 4.69) is 18.5 Å². The summed E-state index contributed by atoms with van der Waals surface area (Å²) in [7, 11) is 1.66. The maximum absolute atomic E-state index is 11.3. The van der Waals surface area contributed by atoms with Gasteiger partial charge in [0.15, 0.2) is 0 Å². The normalized spacial score (nSPS) is 9.00. The molecule has 0 aliphatic rings. The zero-order valence-electron chi connectivity index (χ0n) is 8.67. The third-order valence-electron chi connectivity index (χ3n) is 1.64. The molecule has 0 rings (SSSR count). The van der Waals surface area contributed by atoms with E-state index in [1.165, 1.54) is 11.0 Å². The first-order valence-electron chi connectivity index (χ1n) is 4.30. The molecule has 0 saturated heterocycles. The number of hydrogen-bond donors (Lipinski definition) is 1. The van der Waals surface area contributed by atoms with Crippen LogP contribution >= 0.6 is 0 Å². The molecule has 0 spiro atoms. The summed E-state index contributed by atoms with van der Waals surface area (Å²) in [5.74, 6) is -0.348. The minimum Gasteiger partial charge on any atom is -0.351 e. The molecule has 4 nitrogen and oxygen atoms in total. The summed E-state index contributed by atoms with van der Waals surface area (Å²) in [4.78, 5) is 23.5. The van der Waals surface area contributed by atoms with Crippen molar-refractivity contribution in [3.63, 3.8) is 0 Å². The average Bonchev–Trinajstić information content (AvgIpc) is 2.15. The van der Waals surface area contributed by atoms with E-state index in [0.717, 1.165) is 0 Å². The lowest BCUT2D eigenvalue weighted by atomic mass is 10.3. The summed E-state index contributed by atoms with van der Waals surface area (Å²) in [6.07, 6.45) is 1.20. The molecular weight excluding hydrogens is 180 g/mol. The van der Waals surface area contributed by atoms with Crippen LogP contribution in [0.25, 0.3) is 0 Å². The van der Waals surface area contributed by atoms with Gasteiger partial charge in [0, 0.05) is 25.7 Å². The average molecular weight is 196 g/mol. The quantitative estimate of drug-likeness (QED) is 0.644. The van der Waals surface area contributed by atoms with E-state index in [1.807, 2.05) is 0 Å². The molecule has 0 unspecified atom stereocenters. The molecule has 0 aliphatic heterocycles. The summed E-state index contributed by atoms with van der Waals surface area (Å²) in [6.45, 7) is 9.39. The Balaban J connectivity index is 3.80. The predicted molar refractivity (Wildman–Crippen MR) is 55.7 cm³/mol. The molecule has 0 atom stereocenters. The topological polar surface area (TPSA) is 49.4 Å². The first-order valence-corrected chi connectivity index (χ1v) is 4.30. The Morgan fingerprint density at radius 1 is 1.50 bits per heavy atom. The lowest BCUT2D eigenvalue weighted by molar-refractivity contribution is -0.126. The fraction of sp³-hybridized carbons (Fsp3) is 0.400. The van der Waals surface area contributed by atoms with E-state index in [0.29, 0.717) is 18.7 Å². The van der Waals surface area contributed by atoms with Crippen LogP contribution in [0.3, 0.4) is 0 Å². The smallest absolute Gasteiger partial charge is 0.248 e. The SMILES string of the molecule is C=CC(=O)NCCN(C)C(=O)C(=C)C. The highest BCUT2D eigenvalue weighted by molar-refractivity contribution is 5.92. The van der Waals surface area contributed by atoms with E-state index in [1.54, 1.807) is 14.0 Å². The number of nitrogens with zero attached hydrogens (tertiary/aromatic N) is 1. The van der Waals surface area contributed by atoms with Crippen molar-refractivity contribution in [1.29, 1.82) is 0 Å². The molecule has 0 bridgehead atoms. The van der Waals surface area contributed by atoms with Gasteiger partial charge in [-0.15, -0.1) is 0 Å². The number of amides is 2. The van der Waals surface area contributed by atoms with Crippen molar-refractivity contribution in [3.8, 4) is 0 Å². The Hall–Kier alpha value is -1.58. The van der Waals surface area contributed by atoms with Gasteiger partial charge in [0.25, 0.3) is 0 Å². The van der Waals surface area contributed by atoms with Crippen LogP contribution in [0.2, 0.25) is 0 Å². The van der Waals surface area contributed by atoms with Crippen LogP contribution < -0.4 is 5.32 Å². The summed E-state index contributed by atoms with van der Waals surface area (Å²) >= 11 is 0. The summed E-state index contributed by atoms with van der Waals surface area (Å²) in [5, 5.41) is 2.58. The van der Waals surface area contributed by atoms with Crippen molar-refractivity contribution < 1.29 is 9.59 Å². The van der Waals surface area contributed by atoms with Gasteiger partial charge in [-0.05, 0) is 13.0 Å². The van der Waals surface area contributed by atoms with Gasteiger partial charge in [-0.25, -0.2) is 0 Å². The highest BCUT2D eigenvalue weighted by Crippen LogP contribution is 1.94. The van der Waals surface area contributed by atoms with Gasteiger partial charge in [0.05, 0.1) is 0 Å². The highest BCUT2D eigenvalue weighted by atomic mass is 16.2. The lowest BCUT2D eigenvalue weighted by Crippen LogP contribution is -2.35. The van der Waals surface area contributed by atoms with Gasteiger partial charge < -0.3 is 10.2 Å². The zero-order valence-corrected chi connectivity index (χ0v) is 8.67. The standard InChI is InChI=1S/C10H16N2O2/c1-5-9(13)11-6-7-12(4)10(14)8(2)3/h5H,1-2,6-7H2,3-4H3,(H,11,13). The third kappa shape index (κ3) is 4.45. The van der Waals surface area contributed by atoms with Crippen molar-refractivity contribution in [2.24, 2.45) is 0 Å². The van der Waals surface area contributed by atoms with Crippen LogP contribution in [0.1, 0.15) is 6.92 Å². The van der Waals surface area contributed by atoms with Crippen molar-refractivity contribution in [2.45, 2.75) is 6.92 Å². The molecule has 1 N–H and O–H groups in total. The predicted octanol–water partition coefficient (Wildman–Crippen LogP) is 0.323. The van der Waals surface area contributed by atoms with E-state index in [-0.39, 0.29) is 11.8 Å². The Morgan fingerprint density at radius 2 is 2.07 bits per heavy atom. The Labute approximate surface area is 84.3 Å². The molecule has 0 heterocycles. The van der Waals surface area contributed by atoms with Gasteiger partial charge >= 0.3 is 0 Å². The molecule has 0 aliphatic carbocycles. The maximum Gasteiger partial charge on any atom is 0.248 e. The van der Waals surface area contributed by atoms with Crippen LogP contribution in [0, 0.1) is 0 Å². The molecule has 4 heteroatoms. The van der Waals surface area contributed by atoms with E-state index >= 15 is 0 Å². The minimum atomic E-state index is -0.235. The van der Waals surface area contributed by atoms with E-state index in [4.69, 9.17) is 0 Å². The van der Waals surface area contributed by atoms with Crippen LogP contribution in [0.4, 0.5) is 0 Å². The molecule has 0 aromatic carbocycles. The Bertz CT molecular complexity index is 259. The van der Waals surface area contributed by atoms with Crippen LogP contribution in [-0.2, 0) is 9.59 Å². The first-order chi connectivity index (χ1) is 6.49. The molecule has 0 aromatic rings. The second kappa shape index (κ2) is 5.96. The number of rotatable bonds is 5. The number of carbonyl (C=O) groups excluding carboxylic acids is 2. The summed E-state index contributed by atoms with van der Waals surface area (Å²) in [5.41, 5.74) is 0.488. The van der Waals surface area contributed by atoms with Gasteiger partial charge in [-0.2, -0.15) is 0 Å².